The summed E-state index contributed by atoms with van der Waals surface area (Å²) in [4.78, 5) is 31.0. The van der Waals surface area contributed by atoms with E-state index in [2.05, 4.69) is 50.0 Å². The van der Waals surface area contributed by atoms with Crippen molar-refractivity contribution in [1.29, 1.82) is 0 Å². The zero-order chi connectivity index (χ0) is 22.6. The SMILES string of the molecule is CCCCN1C(=O)[C@H](CC(C)C)NC(=O)C12CCN(Cc1ccc(OC)c(C)c1)CC2.Cl. The predicted molar refractivity (Wildman–Crippen MR) is 130 cm³/mol. The maximum atomic E-state index is 13.3. The number of halogens is 1. The van der Waals surface area contributed by atoms with E-state index in [0.29, 0.717) is 31.7 Å². The summed E-state index contributed by atoms with van der Waals surface area (Å²) in [6, 6.07) is 5.92. The number of unbranched alkanes of at least 4 members (excludes halogenated alkanes) is 1. The topological polar surface area (TPSA) is 61.9 Å². The van der Waals surface area contributed by atoms with Crippen molar-refractivity contribution < 1.29 is 14.3 Å². The Balaban J connectivity index is 0.00000363. The minimum absolute atomic E-state index is 0. The Morgan fingerprint density at radius 2 is 1.91 bits per heavy atom. The van der Waals surface area contributed by atoms with Crippen molar-refractivity contribution in [1.82, 2.24) is 15.1 Å². The number of piperazine rings is 1. The number of rotatable bonds is 8. The number of nitrogens with one attached hydrogen (secondary N) is 1. The maximum absolute atomic E-state index is 13.3. The van der Waals surface area contributed by atoms with E-state index in [-0.39, 0.29) is 30.3 Å². The van der Waals surface area contributed by atoms with Gasteiger partial charge in [-0.2, -0.15) is 0 Å². The van der Waals surface area contributed by atoms with Crippen molar-refractivity contribution in [2.24, 2.45) is 5.92 Å². The highest BCUT2D eigenvalue weighted by Gasteiger charge is 2.53. The molecular formula is C25H40ClN3O3. The summed E-state index contributed by atoms with van der Waals surface area (Å²) in [5, 5.41) is 3.09. The molecule has 1 aromatic carbocycles. The molecular weight excluding hydrogens is 426 g/mol. The second-order valence-corrected chi connectivity index (χ2v) is 9.61. The Hall–Kier alpha value is -1.79. The summed E-state index contributed by atoms with van der Waals surface area (Å²) in [6.45, 7) is 11.5. The van der Waals surface area contributed by atoms with Crippen molar-refractivity contribution in [3.8, 4) is 5.75 Å². The highest BCUT2D eigenvalue weighted by Crippen LogP contribution is 2.35. The molecule has 1 atom stereocenters. The van der Waals surface area contributed by atoms with Crippen molar-refractivity contribution >= 4 is 24.2 Å². The van der Waals surface area contributed by atoms with Crippen LogP contribution >= 0.6 is 12.4 Å². The fourth-order valence-corrected chi connectivity index (χ4v) is 5.02. The fourth-order valence-electron chi connectivity index (χ4n) is 5.02. The fraction of sp³-hybridized carbons (Fsp3) is 0.680. The lowest BCUT2D eigenvalue weighted by Crippen LogP contribution is -2.73. The highest BCUT2D eigenvalue weighted by molar-refractivity contribution is 6.00. The molecule has 7 heteroatoms. The lowest BCUT2D eigenvalue weighted by atomic mass is 9.80. The van der Waals surface area contributed by atoms with Gasteiger partial charge in [0.2, 0.25) is 11.8 Å². The number of ether oxygens (including phenoxy) is 1. The van der Waals surface area contributed by atoms with Crippen LogP contribution in [0.1, 0.15) is 64.0 Å². The number of carbonyl (C=O) groups excluding carboxylic acids is 2. The Bertz CT molecular complexity index is 791. The molecule has 0 unspecified atom stereocenters. The van der Waals surface area contributed by atoms with E-state index in [1.807, 2.05) is 11.0 Å². The van der Waals surface area contributed by atoms with Crippen LogP contribution in [0.5, 0.6) is 5.75 Å². The molecule has 1 N–H and O–H groups in total. The molecule has 0 saturated carbocycles. The zero-order valence-electron chi connectivity index (χ0n) is 20.3. The first kappa shape index (κ1) is 26.5. The van der Waals surface area contributed by atoms with Gasteiger partial charge < -0.3 is 15.0 Å². The van der Waals surface area contributed by atoms with Gasteiger partial charge in [-0.3, -0.25) is 14.5 Å². The highest BCUT2D eigenvalue weighted by atomic mass is 35.5. The minimum atomic E-state index is -0.688. The molecule has 0 bridgehead atoms. The molecule has 2 fully saturated rings. The van der Waals surface area contributed by atoms with Crippen LogP contribution in [0.3, 0.4) is 0 Å². The average molecular weight is 466 g/mol. The molecule has 1 spiro atoms. The third-order valence-electron chi connectivity index (χ3n) is 6.80. The zero-order valence-corrected chi connectivity index (χ0v) is 21.1. The molecule has 0 aromatic heterocycles. The van der Waals surface area contributed by atoms with Crippen molar-refractivity contribution in [2.45, 2.75) is 77.9 Å². The summed E-state index contributed by atoms with van der Waals surface area (Å²) in [7, 11) is 1.69. The second kappa shape index (κ2) is 11.4. The van der Waals surface area contributed by atoms with Crippen LogP contribution < -0.4 is 10.1 Å². The van der Waals surface area contributed by atoms with Gasteiger partial charge in [0, 0.05) is 26.2 Å². The normalized spacial score (nSPS) is 20.9. The number of amides is 2. The maximum Gasteiger partial charge on any atom is 0.246 e. The van der Waals surface area contributed by atoms with Crippen molar-refractivity contribution in [3.63, 3.8) is 0 Å². The van der Waals surface area contributed by atoms with E-state index >= 15 is 0 Å². The van der Waals surface area contributed by atoms with Crippen molar-refractivity contribution in [2.75, 3.05) is 26.7 Å². The van der Waals surface area contributed by atoms with Crippen LogP contribution in [0.2, 0.25) is 0 Å². The lowest BCUT2D eigenvalue weighted by Gasteiger charge is -2.52. The van der Waals surface area contributed by atoms with Gasteiger partial charge in [0.25, 0.3) is 0 Å². The smallest absolute Gasteiger partial charge is 0.246 e. The number of nitrogens with zero attached hydrogens (tertiary/aromatic N) is 2. The average Bonchev–Trinajstić information content (AvgIpc) is 2.73. The van der Waals surface area contributed by atoms with Crippen LogP contribution in [-0.4, -0.2) is 59.9 Å². The van der Waals surface area contributed by atoms with Crippen LogP contribution in [0, 0.1) is 12.8 Å². The molecule has 6 nitrogen and oxygen atoms in total. The summed E-state index contributed by atoms with van der Waals surface area (Å²) in [5.74, 6) is 1.43. The summed E-state index contributed by atoms with van der Waals surface area (Å²) < 4.78 is 5.37. The second-order valence-electron chi connectivity index (χ2n) is 9.61. The number of hydrogen-bond donors (Lipinski definition) is 1. The molecule has 0 radical (unpaired) electrons. The van der Waals surface area contributed by atoms with Gasteiger partial charge in [-0.15, -0.1) is 12.4 Å². The first-order valence-electron chi connectivity index (χ1n) is 11.8. The van der Waals surface area contributed by atoms with Gasteiger partial charge in [0.1, 0.15) is 17.3 Å². The monoisotopic (exact) mass is 465 g/mol. The molecule has 3 rings (SSSR count). The number of hydrogen-bond acceptors (Lipinski definition) is 4. The predicted octanol–water partition coefficient (Wildman–Crippen LogP) is 3.93. The third-order valence-corrected chi connectivity index (χ3v) is 6.80. The molecule has 2 aliphatic heterocycles. The van der Waals surface area contributed by atoms with Crippen molar-refractivity contribution in [3.05, 3.63) is 29.3 Å². The van der Waals surface area contributed by atoms with Gasteiger partial charge in [-0.05, 0) is 55.7 Å². The summed E-state index contributed by atoms with van der Waals surface area (Å²) >= 11 is 0. The van der Waals surface area contributed by atoms with Gasteiger partial charge >= 0.3 is 0 Å². The first-order valence-corrected chi connectivity index (χ1v) is 11.8. The number of benzene rings is 1. The van der Waals surface area contributed by atoms with E-state index in [9.17, 15) is 9.59 Å². The standard InChI is InChI=1S/C25H39N3O3.ClH/c1-6-7-12-28-23(29)21(15-18(2)3)26-24(30)25(28)10-13-27(14-11-25)17-20-8-9-22(31-5)19(4)16-20;/h8-9,16,18,21H,6-7,10-15,17H2,1-5H3,(H,26,30);1H/t21-;/m0./s1. The number of piperidine rings is 1. The van der Waals surface area contributed by atoms with Gasteiger partial charge in [-0.25, -0.2) is 0 Å². The third kappa shape index (κ3) is 5.57. The van der Waals surface area contributed by atoms with E-state index in [1.54, 1.807) is 7.11 Å². The van der Waals surface area contributed by atoms with E-state index in [1.165, 1.54) is 5.56 Å². The Morgan fingerprint density at radius 3 is 2.47 bits per heavy atom. The molecule has 0 aliphatic carbocycles. The molecule has 1 aromatic rings. The largest absolute Gasteiger partial charge is 0.496 e. The number of likely N-dealkylation sites (tertiary alicyclic amines) is 1. The van der Waals surface area contributed by atoms with Crippen LogP contribution in [0.25, 0.3) is 0 Å². The van der Waals surface area contributed by atoms with Gasteiger partial charge in [-0.1, -0.05) is 39.3 Å². The van der Waals surface area contributed by atoms with E-state index < -0.39 is 5.54 Å². The van der Waals surface area contributed by atoms with Crippen LogP contribution in [0.4, 0.5) is 0 Å². The minimum Gasteiger partial charge on any atom is -0.496 e. The molecule has 2 aliphatic rings. The number of aryl methyl sites for hydroxylation is 1. The van der Waals surface area contributed by atoms with Crippen LogP contribution in [0.15, 0.2) is 18.2 Å². The molecule has 180 valence electrons. The molecule has 32 heavy (non-hydrogen) atoms. The number of methoxy groups -OCH3 is 1. The van der Waals surface area contributed by atoms with E-state index in [4.69, 9.17) is 4.74 Å². The summed E-state index contributed by atoms with van der Waals surface area (Å²) in [5.41, 5.74) is 1.69. The van der Waals surface area contributed by atoms with Crippen LogP contribution in [-0.2, 0) is 16.1 Å². The Kier molecular flexibility index (Phi) is 9.40. The van der Waals surface area contributed by atoms with E-state index in [0.717, 1.165) is 43.8 Å². The first-order chi connectivity index (χ1) is 14.8. The van der Waals surface area contributed by atoms with Gasteiger partial charge in [0.15, 0.2) is 0 Å². The lowest BCUT2D eigenvalue weighted by molar-refractivity contribution is -0.161. The Morgan fingerprint density at radius 1 is 1.22 bits per heavy atom. The molecule has 2 saturated heterocycles. The molecule has 2 heterocycles. The quantitative estimate of drug-likeness (QED) is 0.631. The molecule has 2 amide bonds. The number of carbonyl (C=O) groups is 2. The van der Waals surface area contributed by atoms with Gasteiger partial charge in [0.05, 0.1) is 7.11 Å². The Labute approximate surface area is 199 Å². The summed E-state index contributed by atoms with van der Waals surface area (Å²) in [6.07, 6.45) is 4.03.